The Hall–Kier alpha value is -4.33. The number of carbonyl (C=O) groups excluding carboxylic acids is 2. The maximum Gasteiger partial charge on any atom is 0.300 e. The Balaban J connectivity index is 1.98. The van der Waals surface area contributed by atoms with Crippen molar-refractivity contribution in [3.63, 3.8) is 0 Å². The Morgan fingerprint density at radius 3 is 2.32 bits per heavy atom. The van der Waals surface area contributed by atoms with Crippen LogP contribution >= 0.6 is 0 Å². The van der Waals surface area contributed by atoms with Gasteiger partial charge >= 0.3 is 0 Å². The zero-order valence-electron chi connectivity index (χ0n) is 15.9. The highest BCUT2D eigenvalue weighted by Gasteiger charge is 2.48. The van der Waals surface area contributed by atoms with Crippen LogP contribution in [0.15, 0.2) is 84.4 Å². The zero-order valence-corrected chi connectivity index (χ0v) is 15.9. The molecule has 0 saturated carbocycles. The Morgan fingerprint density at radius 2 is 1.65 bits per heavy atom. The first-order valence-corrected chi connectivity index (χ1v) is 9.25. The van der Waals surface area contributed by atoms with Gasteiger partial charge in [-0.05, 0) is 12.1 Å². The predicted molar refractivity (Wildman–Crippen MR) is 111 cm³/mol. The van der Waals surface area contributed by atoms with Gasteiger partial charge < -0.3 is 5.11 Å². The van der Waals surface area contributed by atoms with Crippen molar-refractivity contribution < 1.29 is 24.0 Å². The third-order valence-electron chi connectivity index (χ3n) is 5.01. The highest BCUT2D eigenvalue weighted by molar-refractivity contribution is 6.51. The minimum Gasteiger partial charge on any atom is -0.507 e. The summed E-state index contributed by atoms with van der Waals surface area (Å²) in [6.07, 6.45) is 0. The van der Waals surface area contributed by atoms with Crippen LogP contribution in [0.25, 0.3) is 5.76 Å². The van der Waals surface area contributed by atoms with Crippen molar-refractivity contribution in [2.45, 2.75) is 6.04 Å². The molecule has 3 aromatic carbocycles. The Labute approximate surface area is 175 Å². The molecule has 1 fully saturated rings. The predicted octanol–water partition coefficient (Wildman–Crippen LogP) is 4.36. The highest BCUT2D eigenvalue weighted by atomic mass is 19.1. The van der Waals surface area contributed by atoms with E-state index in [0.29, 0.717) is 0 Å². The van der Waals surface area contributed by atoms with Gasteiger partial charge in [0.15, 0.2) is 0 Å². The summed E-state index contributed by atoms with van der Waals surface area (Å²) in [5.74, 6) is -3.18. The number of rotatable bonds is 4. The van der Waals surface area contributed by atoms with Crippen LogP contribution in [0.5, 0.6) is 0 Å². The van der Waals surface area contributed by atoms with Gasteiger partial charge in [-0.15, -0.1) is 0 Å². The van der Waals surface area contributed by atoms with E-state index in [9.17, 15) is 29.2 Å². The molecule has 0 aromatic heterocycles. The van der Waals surface area contributed by atoms with Crippen molar-refractivity contribution in [1.29, 1.82) is 0 Å². The molecule has 1 amide bonds. The molecule has 0 bridgehead atoms. The third-order valence-corrected chi connectivity index (χ3v) is 5.01. The van der Waals surface area contributed by atoms with E-state index < -0.39 is 34.2 Å². The fourth-order valence-electron chi connectivity index (χ4n) is 3.60. The molecule has 1 heterocycles. The summed E-state index contributed by atoms with van der Waals surface area (Å²) in [4.78, 5) is 37.5. The molecule has 0 aliphatic carbocycles. The lowest BCUT2D eigenvalue weighted by Gasteiger charge is -2.25. The fourth-order valence-corrected chi connectivity index (χ4v) is 3.60. The van der Waals surface area contributed by atoms with Crippen LogP contribution in [0.1, 0.15) is 17.2 Å². The molecule has 1 aliphatic rings. The van der Waals surface area contributed by atoms with Crippen LogP contribution < -0.4 is 4.90 Å². The molecule has 0 radical (unpaired) electrons. The maximum absolute atomic E-state index is 14.8. The molecule has 31 heavy (non-hydrogen) atoms. The molecule has 154 valence electrons. The summed E-state index contributed by atoms with van der Waals surface area (Å²) in [6, 6.07) is 17.5. The standard InChI is InChI=1S/C23H15FN2O5/c24-18-12-5-4-11-17(18)20-19(21(27)14-7-2-1-3-8-14)22(28)23(29)25(20)15-9-6-10-16(13-15)26(30)31/h1-13,20,27H/b21-19+/t20-/m1/s1. The van der Waals surface area contributed by atoms with E-state index in [1.54, 1.807) is 30.3 Å². The molecule has 3 aromatic rings. The number of aliphatic hydroxyl groups excluding tert-OH is 1. The highest BCUT2D eigenvalue weighted by Crippen LogP contribution is 2.43. The van der Waals surface area contributed by atoms with Crippen LogP contribution in [0.4, 0.5) is 15.8 Å². The SMILES string of the molecule is O=C1C(=O)N(c2cccc([N+](=O)[O-])c2)[C@H](c2ccccc2F)/C1=C(\O)c1ccccc1. The van der Waals surface area contributed by atoms with E-state index in [2.05, 4.69) is 0 Å². The first kappa shape index (κ1) is 20.0. The van der Waals surface area contributed by atoms with E-state index >= 15 is 0 Å². The summed E-state index contributed by atoms with van der Waals surface area (Å²) in [7, 11) is 0. The lowest BCUT2D eigenvalue weighted by molar-refractivity contribution is -0.384. The monoisotopic (exact) mass is 418 g/mol. The van der Waals surface area contributed by atoms with Gasteiger partial charge in [-0.25, -0.2) is 4.39 Å². The first-order chi connectivity index (χ1) is 14.9. The molecule has 8 heteroatoms. The van der Waals surface area contributed by atoms with Gasteiger partial charge in [0, 0.05) is 23.3 Å². The summed E-state index contributed by atoms with van der Waals surface area (Å²) < 4.78 is 14.8. The molecule has 1 saturated heterocycles. The number of hydrogen-bond acceptors (Lipinski definition) is 5. The van der Waals surface area contributed by atoms with Gasteiger partial charge in [0.1, 0.15) is 11.6 Å². The topological polar surface area (TPSA) is 101 Å². The van der Waals surface area contributed by atoms with Crippen LogP contribution in [0.2, 0.25) is 0 Å². The lowest BCUT2D eigenvalue weighted by Crippen LogP contribution is -2.29. The molecule has 7 nitrogen and oxygen atoms in total. The van der Waals surface area contributed by atoms with Crippen molar-refractivity contribution in [2.75, 3.05) is 4.90 Å². The van der Waals surface area contributed by atoms with E-state index in [-0.39, 0.29) is 28.1 Å². The average molecular weight is 418 g/mol. The normalized spacial score (nSPS) is 17.7. The fraction of sp³-hybridized carbons (Fsp3) is 0.0435. The van der Waals surface area contributed by atoms with Gasteiger partial charge in [-0.1, -0.05) is 54.6 Å². The molecular weight excluding hydrogens is 403 g/mol. The Kier molecular flexibility index (Phi) is 5.04. The second-order valence-electron chi connectivity index (χ2n) is 6.83. The van der Waals surface area contributed by atoms with Crippen LogP contribution in [0.3, 0.4) is 0 Å². The number of hydrogen-bond donors (Lipinski definition) is 1. The molecule has 4 rings (SSSR count). The lowest BCUT2D eigenvalue weighted by atomic mass is 9.94. The van der Waals surface area contributed by atoms with E-state index in [1.807, 2.05) is 0 Å². The number of amides is 1. The van der Waals surface area contributed by atoms with Crippen molar-refractivity contribution in [3.05, 3.63) is 111 Å². The maximum atomic E-state index is 14.8. The van der Waals surface area contributed by atoms with Gasteiger partial charge in [0.05, 0.1) is 22.2 Å². The molecular formula is C23H15FN2O5. The second-order valence-corrected chi connectivity index (χ2v) is 6.83. The number of ketones is 1. The number of anilines is 1. The minimum atomic E-state index is -1.30. The minimum absolute atomic E-state index is 0.0225. The van der Waals surface area contributed by atoms with E-state index in [4.69, 9.17) is 0 Å². The smallest absolute Gasteiger partial charge is 0.300 e. The van der Waals surface area contributed by atoms with Crippen molar-refractivity contribution in [1.82, 2.24) is 0 Å². The zero-order chi connectivity index (χ0) is 22.1. The van der Waals surface area contributed by atoms with Gasteiger partial charge in [-0.2, -0.15) is 0 Å². The number of halogens is 1. The number of nitro groups is 1. The van der Waals surface area contributed by atoms with Crippen molar-refractivity contribution >= 4 is 28.8 Å². The molecule has 1 aliphatic heterocycles. The largest absolute Gasteiger partial charge is 0.507 e. The summed E-state index contributed by atoms with van der Waals surface area (Å²) in [6.45, 7) is 0. The summed E-state index contributed by atoms with van der Waals surface area (Å²) in [5, 5.41) is 22.1. The molecule has 1 N–H and O–H groups in total. The summed E-state index contributed by atoms with van der Waals surface area (Å²) >= 11 is 0. The number of Topliss-reactive ketones (excluding diaryl/α,β-unsaturated/α-hetero) is 1. The second kappa shape index (κ2) is 7.83. The quantitative estimate of drug-likeness (QED) is 0.223. The van der Waals surface area contributed by atoms with Crippen molar-refractivity contribution in [3.8, 4) is 0 Å². The molecule has 0 unspecified atom stereocenters. The van der Waals surface area contributed by atoms with E-state index in [1.165, 1.54) is 42.5 Å². The number of benzene rings is 3. The van der Waals surface area contributed by atoms with Gasteiger partial charge in [0.25, 0.3) is 17.4 Å². The van der Waals surface area contributed by atoms with Crippen LogP contribution in [-0.4, -0.2) is 21.7 Å². The van der Waals surface area contributed by atoms with E-state index in [0.717, 1.165) is 11.0 Å². The van der Waals surface area contributed by atoms with Crippen LogP contribution in [0, 0.1) is 15.9 Å². The Morgan fingerprint density at radius 1 is 0.968 bits per heavy atom. The molecule has 0 spiro atoms. The number of aliphatic hydroxyl groups is 1. The third kappa shape index (κ3) is 3.44. The van der Waals surface area contributed by atoms with Gasteiger partial charge in [-0.3, -0.25) is 24.6 Å². The average Bonchev–Trinajstić information content (AvgIpc) is 3.04. The van der Waals surface area contributed by atoms with Gasteiger partial charge in [0.2, 0.25) is 0 Å². The first-order valence-electron chi connectivity index (χ1n) is 9.25. The number of nitro benzene ring substituents is 1. The van der Waals surface area contributed by atoms with Crippen LogP contribution in [-0.2, 0) is 9.59 Å². The number of carbonyl (C=O) groups is 2. The Bertz CT molecular complexity index is 1240. The summed E-state index contributed by atoms with van der Waals surface area (Å²) in [5.41, 5.74) is -0.300. The van der Waals surface area contributed by atoms with Crippen molar-refractivity contribution in [2.24, 2.45) is 0 Å². The molecule has 1 atom stereocenters. The number of non-ortho nitro benzene ring substituents is 1. The number of nitrogens with zero attached hydrogens (tertiary/aromatic N) is 2.